The first kappa shape index (κ1) is 21.4. The fraction of sp³-hybridized carbons (Fsp3) is 0.120. The summed E-state index contributed by atoms with van der Waals surface area (Å²) in [6, 6.07) is 14.9. The van der Waals surface area contributed by atoms with Gasteiger partial charge in [-0.25, -0.2) is 9.78 Å². The molecule has 2 heterocycles. The smallest absolute Gasteiger partial charge is 0.323 e. The third-order valence-corrected chi connectivity index (χ3v) is 5.83. The number of pyridine rings is 1. The number of anilines is 3. The number of carbonyl (C=O) groups is 1. The van der Waals surface area contributed by atoms with Crippen molar-refractivity contribution in [2.75, 3.05) is 23.0 Å². The number of aromatic nitrogens is 1. The van der Waals surface area contributed by atoms with Crippen LogP contribution in [0.1, 0.15) is 17.5 Å². The van der Waals surface area contributed by atoms with Crippen molar-refractivity contribution in [2.24, 2.45) is 0 Å². The number of benzene rings is 2. The molecule has 0 fully saturated rings. The fourth-order valence-corrected chi connectivity index (χ4v) is 4.38. The second-order valence-corrected chi connectivity index (χ2v) is 8.09. The first-order valence-corrected chi connectivity index (χ1v) is 10.9. The SMILES string of the molecule is Cc1cccc(NC(=O)Nc2ccc(-c3csc4c(C#CCCO)cnc(N)c34)cc2)c1. The van der Waals surface area contributed by atoms with Crippen molar-refractivity contribution < 1.29 is 9.90 Å². The number of carbonyl (C=O) groups excluding carboxylic acids is 1. The number of aliphatic hydroxyl groups excluding tert-OH is 1. The maximum absolute atomic E-state index is 12.3. The second-order valence-electron chi connectivity index (χ2n) is 7.21. The van der Waals surface area contributed by atoms with Gasteiger partial charge in [-0.3, -0.25) is 0 Å². The van der Waals surface area contributed by atoms with Gasteiger partial charge >= 0.3 is 6.03 Å². The van der Waals surface area contributed by atoms with Gasteiger partial charge in [-0.2, -0.15) is 0 Å². The van der Waals surface area contributed by atoms with Gasteiger partial charge in [0, 0.05) is 34.9 Å². The topological polar surface area (TPSA) is 100 Å². The summed E-state index contributed by atoms with van der Waals surface area (Å²) in [7, 11) is 0. The highest BCUT2D eigenvalue weighted by molar-refractivity contribution is 7.18. The van der Waals surface area contributed by atoms with Gasteiger partial charge in [0.1, 0.15) is 5.82 Å². The lowest BCUT2D eigenvalue weighted by Crippen LogP contribution is -2.19. The van der Waals surface area contributed by atoms with E-state index in [0.29, 0.717) is 17.9 Å². The summed E-state index contributed by atoms with van der Waals surface area (Å²) < 4.78 is 0.970. The monoisotopic (exact) mass is 442 g/mol. The lowest BCUT2D eigenvalue weighted by atomic mass is 10.0. The van der Waals surface area contributed by atoms with E-state index in [1.54, 1.807) is 17.5 Å². The van der Waals surface area contributed by atoms with Crippen molar-refractivity contribution in [2.45, 2.75) is 13.3 Å². The summed E-state index contributed by atoms with van der Waals surface area (Å²) in [5.74, 6) is 6.45. The van der Waals surface area contributed by atoms with Crippen LogP contribution < -0.4 is 16.4 Å². The van der Waals surface area contributed by atoms with Crippen LogP contribution in [0, 0.1) is 18.8 Å². The highest BCUT2D eigenvalue weighted by atomic mass is 32.1. The summed E-state index contributed by atoms with van der Waals surface area (Å²) in [4.78, 5) is 16.6. The van der Waals surface area contributed by atoms with Crippen molar-refractivity contribution in [3.8, 4) is 23.0 Å². The van der Waals surface area contributed by atoms with Crippen molar-refractivity contribution in [1.29, 1.82) is 0 Å². The van der Waals surface area contributed by atoms with Crippen LogP contribution in [-0.2, 0) is 0 Å². The van der Waals surface area contributed by atoms with E-state index < -0.39 is 0 Å². The van der Waals surface area contributed by atoms with E-state index in [1.165, 1.54) is 0 Å². The van der Waals surface area contributed by atoms with E-state index in [9.17, 15) is 4.79 Å². The van der Waals surface area contributed by atoms with Crippen LogP contribution in [0.5, 0.6) is 0 Å². The quantitative estimate of drug-likeness (QED) is 0.325. The summed E-state index contributed by atoms with van der Waals surface area (Å²) in [5.41, 5.74) is 11.4. The largest absolute Gasteiger partial charge is 0.395 e. The number of aliphatic hydroxyl groups is 1. The van der Waals surface area contributed by atoms with Gasteiger partial charge in [0.05, 0.1) is 16.9 Å². The maximum atomic E-state index is 12.3. The molecular weight excluding hydrogens is 420 g/mol. The highest BCUT2D eigenvalue weighted by Crippen LogP contribution is 2.38. The van der Waals surface area contributed by atoms with E-state index in [1.807, 2.05) is 60.8 Å². The molecule has 0 radical (unpaired) electrons. The number of urea groups is 1. The zero-order chi connectivity index (χ0) is 22.5. The Bertz CT molecular complexity index is 1330. The van der Waals surface area contributed by atoms with E-state index >= 15 is 0 Å². The van der Waals surface area contributed by atoms with Crippen molar-refractivity contribution in [3.63, 3.8) is 0 Å². The molecule has 32 heavy (non-hydrogen) atoms. The molecule has 5 N–H and O–H groups in total. The van der Waals surface area contributed by atoms with E-state index in [-0.39, 0.29) is 12.6 Å². The van der Waals surface area contributed by atoms with Crippen LogP contribution in [0.2, 0.25) is 0 Å². The number of nitrogens with zero attached hydrogens (tertiary/aromatic N) is 1. The Morgan fingerprint density at radius 3 is 2.69 bits per heavy atom. The summed E-state index contributed by atoms with van der Waals surface area (Å²) >= 11 is 1.56. The van der Waals surface area contributed by atoms with Gasteiger partial charge in [-0.05, 0) is 47.7 Å². The number of hydrogen-bond acceptors (Lipinski definition) is 5. The molecule has 4 aromatic rings. The number of aryl methyl sites for hydroxylation is 1. The molecule has 0 saturated carbocycles. The molecule has 4 rings (SSSR count). The summed E-state index contributed by atoms with van der Waals surface area (Å²) in [5, 5.41) is 17.5. The lowest BCUT2D eigenvalue weighted by molar-refractivity contribution is 0.262. The number of nitrogens with one attached hydrogen (secondary N) is 2. The zero-order valence-electron chi connectivity index (χ0n) is 17.5. The van der Waals surface area contributed by atoms with Gasteiger partial charge in [-0.1, -0.05) is 36.1 Å². The molecule has 2 aromatic carbocycles. The molecule has 0 aliphatic carbocycles. The average molecular weight is 443 g/mol. The first-order valence-electron chi connectivity index (χ1n) is 10.1. The Hall–Kier alpha value is -3.86. The minimum atomic E-state index is -0.302. The molecule has 0 aliphatic rings. The number of amides is 2. The molecule has 0 saturated heterocycles. The molecule has 0 bridgehead atoms. The molecule has 0 atom stereocenters. The number of nitrogen functional groups attached to an aromatic ring is 1. The number of fused-ring (bicyclic) bond motifs is 1. The van der Waals surface area contributed by atoms with E-state index in [0.717, 1.165) is 38.0 Å². The molecule has 0 spiro atoms. The average Bonchev–Trinajstić information content (AvgIpc) is 3.22. The second kappa shape index (κ2) is 9.52. The molecule has 2 amide bonds. The van der Waals surface area contributed by atoms with Crippen LogP contribution in [0.4, 0.5) is 22.0 Å². The number of hydrogen-bond donors (Lipinski definition) is 4. The van der Waals surface area contributed by atoms with Crippen LogP contribution in [0.15, 0.2) is 60.1 Å². The summed E-state index contributed by atoms with van der Waals surface area (Å²) in [6.07, 6.45) is 2.08. The number of rotatable bonds is 4. The molecule has 6 nitrogen and oxygen atoms in total. The first-order chi connectivity index (χ1) is 15.5. The Kier molecular flexibility index (Phi) is 6.36. The zero-order valence-corrected chi connectivity index (χ0v) is 18.3. The fourth-order valence-electron chi connectivity index (χ4n) is 3.33. The predicted molar refractivity (Wildman–Crippen MR) is 132 cm³/mol. The number of nitrogens with two attached hydrogens (primary N) is 1. The Morgan fingerprint density at radius 1 is 1.16 bits per heavy atom. The molecule has 160 valence electrons. The predicted octanol–water partition coefficient (Wildman–Crippen LogP) is 5.23. The highest BCUT2D eigenvalue weighted by Gasteiger charge is 2.13. The minimum Gasteiger partial charge on any atom is -0.395 e. The Morgan fingerprint density at radius 2 is 1.94 bits per heavy atom. The number of thiophene rings is 1. The normalized spacial score (nSPS) is 10.4. The van der Waals surface area contributed by atoms with Crippen molar-refractivity contribution in [3.05, 3.63) is 71.2 Å². The molecule has 0 unspecified atom stereocenters. The summed E-state index contributed by atoms with van der Waals surface area (Å²) in [6.45, 7) is 2.00. The Labute approximate surface area is 190 Å². The molecule has 2 aromatic heterocycles. The van der Waals surface area contributed by atoms with E-state index in [4.69, 9.17) is 10.8 Å². The molecular formula is C25H22N4O2S. The molecule has 0 aliphatic heterocycles. The van der Waals surface area contributed by atoms with Gasteiger partial charge < -0.3 is 21.5 Å². The van der Waals surface area contributed by atoms with Crippen LogP contribution >= 0.6 is 11.3 Å². The van der Waals surface area contributed by atoms with Gasteiger partial charge in [0.15, 0.2) is 0 Å². The van der Waals surface area contributed by atoms with Crippen LogP contribution in [0.3, 0.4) is 0 Å². The third-order valence-electron chi connectivity index (χ3n) is 4.81. The van der Waals surface area contributed by atoms with Crippen molar-refractivity contribution in [1.82, 2.24) is 4.98 Å². The minimum absolute atomic E-state index is 0.0254. The van der Waals surface area contributed by atoms with Crippen LogP contribution in [0.25, 0.3) is 21.2 Å². The van der Waals surface area contributed by atoms with Gasteiger partial charge in [0.25, 0.3) is 0 Å². The Balaban J connectivity index is 1.55. The van der Waals surface area contributed by atoms with Gasteiger partial charge in [0.2, 0.25) is 0 Å². The van der Waals surface area contributed by atoms with E-state index in [2.05, 4.69) is 27.5 Å². The lowest BCUT2D eigenvalue weighted by Gasteiger charge is -2.09. The standard InChI is InChI=1S/C25H22N4O2S/c1-16-5-4-7-20(13-16)29-25(31)28-19-10-8-17(9-11-19)21-15-32-23-18(6-2-3-12-30)14-27-24(26)22(21)23/h4-5,7-11,13-15,30H,3,12H2,1H3,(H2,26,27)(H2,28,29,31). The maximum Gasteiger partial charge on any atom is 0.323 e. The van der Waals surface area contributed by atoms with Crippen LogP contribution in [-0.4, -0.2) is 22.7 Å². The third kappa shape index (κ3) is 4.72. The molecule has 7 heteroatoms. The van der Waals surface area contributed by atoms with Crippen molar-refractivity contribution >= 4 is 44.6 Å². The van der Waals surface area contributed by atoms with Gasteiger partial charge in [-0.15, -0.1) is 11.3 Å².